The van der Waals surface area contributed by atoms with Crippen molar-refractivity contribution in [2.45, 2.75) is 54.7 Å². The van der Waals surface area contributed by atoms with Crippen molar-refractivity contribution in [1.29, 1.82) is 0 Å². The normalized spacial score (nSPS) is 24.6. The number of hydrogen-bond acceptors (Lipinski definition) is 3. The van der Waals surface area contributed by atoms with Crippen LogP contribution in [0, 0.1) is 0 Å². The first kappa shape index (κ1) is 12.0. The van der Waals surface area contributed by atoms with E-state index in [1.54, 1.807) is 6.08 Å². The van der Waals surface area contributed by atoms with Crippen molar-refractivity contribution < 1.29 is 4.79 Å². The van der Waals surface area contributed by atoms with Crippen molar-refractivity contribution in [2.24, 2.45) is 4.99 Å². The molecule has 18 heavy (non-hydrogen) atoms. The molecule has 2 nitrogen and oxygen atoms in total. The van der Waals surface area contributed by atoms with Crippen molar-refractivity contribution in [3.05, 3.63) is 29.3 Å². The molecule has 94 valence electrons. The summed E-state index contributed by atoms with van der Waals surface area (Å²) in [5.74, 6) is 0. The van der Waals surface area contributed by atoms with E-state index in [-0.39, 0.29) is 5.54 Å². The summed E-state index contributed by atoms with van der Waals surface area (Å²) in [5, 5.41) is 0.671. The Bertz CT molecular complexity index is 513. The maximum absolute atomic E-state index is 10.7. The van der Waals surface area contributed by atoms with Gasteiger partial charge in [-0.2, -0.15) is 4.99 Å². The second-order valence-corrected chi connectivity index (χ2v) is 6.88. The Kier molecular flexibility index (Phi) is 3.04. The van der Waals surface area contributed by atoms with Crippen LogP contribution >= 0.6 is 11.8 Å². The molecule has 1 aromatic carbocycles. The molecule has 0 amide bonds. The lowest BCUT2D eigenvalue weighted by atomic mass is 9.88. The van der Waals surface area contributed by atoms with Crippen molar-refractivity contribution in [3.63, 3.8) is 0 Å². The van der Waals surface area contributed by atoms with Crippen LogP contribution in [0.1, 0.15) is 43.7 Å². The van der Waals surface area contributed by atoms with Crippen LogP contribution in [0.25, 0.3) is 0 Å². The van der Waals surface area contributed by atoms with Crippen LogP contribution in [0.2, 0.25) is 0 Å². The SMILES string of the molecule is CC1Cc2ccc(C3(N=C=O)CCCC3)cc2S1. The van der Waals surface area contributed by atoms with E-state index in [9.17, 15) is 4.79 Å². The maximum Gasteiger partial charge on any atom is 0.235 e. The van der Waals surface area contributed by atoms with Gasteiger partial charge in [-0.25, -0.2) is 4.79 Å². The van der Waals surface area contributed by atoms with Crippen LogP contribution in [-0.2, 0) is 16.8 Å². The van der Waals surface area contributed by atoms with Gasteiger partial charge in [-0.1, -0.05) is 31.9 Å². The third-order valence-corrected chi connectivity index (χ3v) is 5.33. The molecule has 1 aliphatic carbocycles. The number of isocyanates is 1. The van der Waals surface area contributed by atoms with Gasteiger partial charge < -0.3 is 0 Å². The molecule has 1 heterocycles. The first-order valence-corrected chi connectivity index (χ1v) is 7.51. The van der Waals surface area contributed by atoms with Crippen molar-refractivity contribution in [1.82, 2.24) is 0 Å². The van der Waals surface area contributed by atoms with Gasteiger partial charge in [-0.3, -0.25) is 0 Å². The van der Waals surface area contributed by atoms with Gasteiger partial charge in [0.05, 0.1) is 5.54 Å². The molecule has 1 aromatic rings. The number of rotatable bonds is 2. The molecular weight excluding hydrogens is 242 g/mol. The molecule has 1 fully saturated rings. The quantitative estimate of drug-likeness (QED) is 0.596. The van der Waals surface area contributed by atoms with E-state index < -0.39 is 0 Å². The van der Waals surface area contributed by atoms with E-state index >= 15 is 0 Å². The smallest absolute Gasteiger partial charge is 0.211 e. The zero-order chi connectivity index (χ0) is 12.6. The molecule has 1 aliphatic heterocycles. The minimum Gasteiger partial charge on any atom is -0.211 e. The average Bonchev–Trinajstić information content (AvgIpc) is 2.94. The van der Waals surface area contributed by atoms with Crippen LogP contribution in [0.3, 0.4) is 0 Å². The monoisotopic (exact) mass is 259 g/mol. The van der Waals surface area contributed by atoms with Crippen LogP contribution < -0.4 is 0 Å². The highest BCUT2D eigenvalue weighted by Gasteiger charge is 2.36. The second-order valence-electron chi connectivity index (χ2n) is 5.40. The summed E-state index contributed by atoms with van der Waals surface area (Å²) < 4.78 is 0. The van der Waals surface area contributed by atoms with Gasteiger partial charge in [0.15, 0.2) is 0 Å². The standard InChI is InChI=1S/C15H17NOS/c1-11-8-12-4-5-13(9-14(12)18-11)15(16-10-17)6-2-3-7-15/h4-5,9,11H,2-3,6-8H2,1H3. The summed E-state index contributed by atoms with van der Waals surface area (Å²) in [4.78, 5) is 16.3. The van der Waals surface area contributed by atoms with Gasteiger partial charge >= 0.3 is 0 Å². The highest BCUT2D eigenvalue weighted by atomic mass is 32.2. The zero-order valence-corrected chi connectivity index (χ0v) is 11.4. The third kappa shape index (κ3) is 1.92. The van der Waals surface area contributed by atoms with Gasteiger partial charge in [-0.05, 0) is 36.5 Å². The largest absolute Gasteiger partial charge is 0.235 e. The zero-order valence-electron chi connectivity index (χ0n) is 10.6. The Morgan fingerprint density at radius 3 is 2.89 bits per heavy atom. The number of benzene rings is 1. The lowest BCUT2D eigenvalue weighted by molar-refractivity contribution is 0.455. The molecule has 0 bridgehead atoms. The lowest BCUT2D eigenvalue weighted by Gasteiger charge is -2.23. The fraction of sp³-hybridized carbons (Fsp3) is 0.533. The van der Waals surface area contributed by atoms with Crippen molar-refractivity contribution in [2.75, 3.05) is 0 Å². The predicted octanol–water partition coefficient (Wildman–Crippen LogP) is 3.83. The first-order valence-electron chi connectivity index (χ1n) is 6.63. The second kappa shape index (κ2) is 4.56. The van der Waals surface area contributed by atoms with Gasteiger partial charge in [0.25, 0.3) is 0 Å². The molecule has 1 atom stereocenters. The van der Waals surface area contributed by atoms with E-state index in [1.165, 1.54) is 16.0 Å². The molecular formula is C15H17NOS. The van der Waals surface area contributed by atoms with E-state index in [0.29, 0.717) is 5.25 Å². The molecule has 1 unspecified atom stereocenters. The summed E-state index contributed by atoms with van der Waals surface area (Å²) in [6, 6.07) is 6.65. The predicted molar refractivity (Wildman–Crippen MR) is 73.7 cm³/mol. The summed E-state index contributed by atoms with van der Waals surface area (Å²) in [5.41, 5.74) is 2.38. The molecule has 2 aliphatic rings. The minimum atomic E-state index is -0.275. The highest BCUT2D eigenvalue weighted by Crippen LogP contribution is 2.45. The fourth-order valence-electron chi connectivity index (χ4n) is 3.20. The lowest BCUT2D eigenvalue weighted by Crippen LogP contribution is -2.18. The summed E-state index contributed by atoms with van der Waals surface area (Å²) in [6.45, 7) is 2.26. The number of hydrogen-bond donors (Lipinski definition) is 0. The fourth-order valence-corrected chi connectivity index (χ4v) is 4.40. The third-order valence-electron chi connectivity index (χ3n) is 4.13. The first-order chi connectivity index (χ1) is 8.73. The number of carbonyl (C=O) groups excluding carboxylic acids is 1. The Balaban J connectivity index is 2.02. The van der Waals surface area contributed by atoms with Crippen LogP contribution in [0.5, 0.6) is 0 Å². The number of aliphatic imine (C=N–C) groups is 1. The van der Waals surface area contributed by atoms with Crippen LogP contribution in [0.15, 0.2) is 28.1 Å². The average molecular weight is 259 g/mol. The summed E-state index contributed by atoms with van der Waals surface area (Å²) >= 11 is 1.94. The number of thioether (sulfide) groups is 1. The highest BCUT2D eigenvalue weighted by molar-refractivity contribution is 8.00. The van der Waals surface area contributed by atoms with E-state index in [2.05, 4.69) is 30.1 Å². The molecule has 3 heteroatoms. The Morgan fingerprint density at radius 1 is 1.39 bits per heavy atom. The molecule has 0 spiro atoms. The molecule has 0 aromatic heterocycles. The summed E-state index contributed by atoms with van der Waals surface area (Å²) in [7, 11) is 0. The van der Waals surface area contributed by atoms with Gasteiger partial charge in [0, 0.05) is 10.1 Å². The number of fused-ring (bicyclic) bond motifs is 1. The van der Waals surface area contributed by atoms with E-state index in [1.807, 2.05) is 11.8 Å². The van der Waals surface area contributed by atoms with Gasteiger partial charge in [0.1, 0.15) is 0 Å². The van der Waals surface area contributed by atoms with Crippen LogP contribution in [0.4, 0.5) is 0 Å². The Hall–Kier alpha value is -1.05. The van der Waals surface area contributed by atoms with Crippen LogP contribution in [-0.4, -0.2) is 11.3 Å². The topological polar surface area (TPSA) is 29.4 Å². The molecule has 0 saturated heterocycles. The Morgan fingerprint density at radius 2 is 2.17 bits per heavy atom. The van der Waals surface area contributed by atoms with E-state index in [0.717, 1.165) is 32.1 Å². The molecule has 3 rings (SSSR count). The van der Waals surface area contributed by atoms with Crippen molar-refractivity contribution >= 4 is 17.8 Å². The van der Waals surface area contributed by atoms with E-state index in [4.69, 9.17) is 0 Å². The molecule has 0 radical (unpaired) electrons. The number of nitrogens with zero attached hydrogens (tertiary/aromatic N) is 1. The van der Waals surface area contributed by atoms with Gasteiger partial charge in [-0.15, -0.1) is 11.8 Å². The molecule has 1 saturated carbocycles. The Labute approximate surface area is 112 Å². The van der Waals surface area contributed by atoms with Gasteiger partial charge in [0.2, 0.25) is 6.08 Å². The molecule has 0 N–H and O–H groups in total. The minimum absolute atomic E-state index is 0.275. The maximum atomic E-state index is 10.7. The summed E-state index contributed by atoms with van der Waals surface area (Å²) in [6.07, 6.45) is 7.24. The van der Waals surface area contributed by atoms with Crippen molar-refractivity contribution in [3.8, 4) is 0 Å².